The molecule has 0 spiro atoms. The van der Waals surface area contributed by atoms with Crippen LogP contribution in [0.2, 0.25) is 0 Å². The fourth-order valence-electron chi connectivity index (χ4n) is 1.02. The summed E-state index contributed by atoms with van der Waals surface area (Å²) >= 11 is -1.34. The third-order valence-electron chi connectivity index (χ3n) is 1.77. The van der Waals surface area contributed by atoms with E-state index < -0.39 is 11.1 Å². The van der Waals surface area contributed by atoms with E-state index in [0.29, 0.717) is 11.3 Å². The van der Waals surface area contributed by atoms with E-state index in [0.717, 1.165) is 19.4 Å². The molecule has 1 N–H and O–H groups in total. The van der Waals surface area contributed by atoms with Crippen LogP contribution in [0.1, 0.15) is 19.8 Å². The van der Waals surface area contributed by atoms with Gasteiger partial charge in [0.1, 0.15) is 0 Å². The van der Waals surface area contributed by atoms with Crippen molar-refractivity contribution in [2.24, 2.45) is 4.99 Å². The van der Waals surface area contributed by atoms with Crippen LogP contribution in [-0.4, -0.2) is 33.9 Å². The number of anilines is 1. The highest BCUT2D eigenvalue weighted by molar-refractivity contribution is 7.13. The number of hydrogen-bond acceptors (Lipinski definition) is 4. The van der Waals surface area contributed by atoms with Crippen molar-refractivity contribution in [2.45, 2.75) is 19.8 Å². The molecule has 5 nitrogen and oxygen atoms in total. The molecule has 0 aromatic carbocycles. The Balaban J connectivity index is 2.89. The lowest BCUT2D eigenvalue weighted by molar-refractivity contribution is 0.584. The maximum atomic E-state index is 11.1. The highest BCUT2D eigenvalue weighted by atomic mass is 32.2. The van der Waals surface area contributed by atoms with Crippen LogP contribution in [-0.2, 0) is 0 Å². The molecular weight excluding hydrogens is 200 g/mol. The minimum Gasteiger partial charge on any atom is -0.548 e. The molecule has 1 atom stereocenters. The molecule has 0 aliphatic rings. The first kappa shape index (κ1) is 11.2. The number of nitrogens with one attached hydrogen (secondary N) is 1. The second-order valence-electron chi connectivity index (χ2n) is 3.24. The number of nitrogens with zero attached hydrogens (tertiary/aromatic N) is 3. The van der Waals surface area contributed by atoms with Crippen LogP contribution in [0.25, 0.3) is 0 Å². The van der Waals surface area contributed by atoms with Crippen molar-refractivity contribution in [3.05, 3.63) is 5.49 Å². The number of unbranched alkanes of at least 4 members (excludes halogenated alkanes) is 1. The van der Waals surface area contributed by atoms with E-state index in [1.807, 2.05) is 19.0 Å². The predicted octanol–water partition coefficient (Wildman–Crippen LogP) is 0.904. The van der Waals surface area contributed by atoms with Crippen LogP contribution >= 0.6 is 11.1 Å². The van der Waals surface area contributed by atoms with Crippen LogP contribution in [0, 0.1) is 0 Å². The van der Waals surface area contributed by atoms with Gasteiger partial charge in [-0.1, -0.05) is 13.3 Å². The summed E-state index contributed by atoms with van der Waals surface area (Å²) in [4.78, 5) is 6.11. The number of aromatic nitrogens is 2. The summed E-state index contributed by atoms with van der Waals surface area (Å²) in [5.41, 5.74) is 0.641. The second kappa shape index (κ2) is 5.11. The molecular formula is C8H16N4OS. The van der Waals surface area contributed by atoms with Gasteiger partial charge in [0.25, 0.3) is 0 Å². The molecule has 0 aliphatic carbocycles. The summed E-state index contributed by atoms with van der Waals surface area (Å²) in [6.45, 7) is 2.87. The first-order chi connectivity index (χ1) is 6.65. The fourth-order valence-corrected chi connectivity index (χ4v) is 1.79. The van der Waals surface area contributed by atoms with Crippen molar-refractivity contribution in [1.29, 1.82) is 0 Å². The molecule has 6 heteroatoms. The smallest absolute Gasteiger partial charge is 0.233 e. The van der Waals surface area contributed by atoms with E-state index in [2.05, 4.69) is 20.7 Å². The summed E-state index contributed by atoms with van der Waals surface area (Å²) in [6, 6.07) is 0. The highest BCUT2D eigenvalue weighted by Crippen LogP contribution is 2.05. The van der Waals surface area contributed by atoms with Crippen molar-refractivity contribution >= 4 is 17.0 Å². The minimum atomic E-state index is -1.34. The molecule has 1 unspecified atom stereocenters. The molecule has 0 amide bonds. The van der Waals surface area contributed by atoms with Gasteiger partial charge in [0, 0.05) is 25.0 Å². The highest BCUT2D eigenvalue weighted by Gasteiger charge is 2.09. The van der Waals surface area contributed by atoms with Gasteiger partial charge >= 0.3 is 0 Å². The molecule has 0 saturated heterocycles. The molecule has 0 radical (unpaired) electrons. The third-order valence-corrected chi connectivity index (χ3v) is 2.48. The van der Waals surface area contributed by atoms with E-state index in [4.69, 9.17) is 0 Å². The van der Waals surface area contributed by atoms with Crippen LogP contribution in [0.4, 0.5) is 5.82 Å². The number of rotatable bonds is 4. The lowest BCUT2D eigenvalue weighted by Crippen LogP contribution is -2.19. The van der Waals surface area contributed by atoms with Gasteiger partial charge < -0.3 is 9.45 Å². The summed E-state index contributed by atoms with van der Waals surface area (Å²) in [5, 5.41) is 0. The predicted molar refractivity (Wildman–Crippen MR) is 56.9 cm³/mol. The number of aromatic amines is 1. The largest absolute Gasteiger partial charge is 0.548 e. The number of hydrogen-bond donors (Lipinski definition) is 1. The van der Waals surface area contributed by atoms with E-state index in [1.54, 1.807) is 0 Å². The Morgan fingerprint density at radius 3 is 2.86 bits per heavy atom. The van der Waals surface area contributed by atoms with Crippen molar-refractivity contribution in [3.63, 3.8) is 0 Å². The average Bonchev–Trinajstić information content (AvgIpc) is 2.47. The molecule has 14 heavy (non-hydrogen) atoms. The van der Waals surface area contributed by atoms with E-state index in [1.165, 1.54) is 0 Å². The SMILES string of the molecule is CCCCN=c1[nH][s+]([O-])nc1N(C)C. The van der Waals surface area contributed by atoms with Gasteiger partial charge in [-0.25, -0.2) is 0 Å². The molecule has 0 fully saturated rings. The molecule has 0 saturated carbocycles. The van der Waals surface area contributed by atoms with Gasteiger partial charge in [-0.2, -0.15) is 0 Å². The summed E-state index contributed by atoms with van der Waals surface area (Å²) < 4.78 is 17.7. The Labute approximate surface area is 86.6 Å². The molecule has 1 aromatic heterocycles. The van der Waals surface area contributed by atoms with Gasteiger partial charge in [-0.05, 0) is 6.42 Å². The zero-order chi connectivity index (χ0) is 10.6. The standard InChI is InChI=1S/C8H16N4OS/c1-4-5-6-9-7-8(12(2)3)11-14(13)10-7/h4-6H2,1-3H3,(H,9,10). The third kappa shape index (κ3) is 2.81. The summed E-state index contributed by atoms with van der Waals surface area (Å²) in [5.74, 6) is 0.666. The summed E-state index contributed by atoms with van der Waals surface area (Å²) in [6.07, 6.45) is 2.15. The van der Waals surface area contributed by atoms with Crippen LogP contribution in [0.3, 0.4) is 0 Å². The van der Waals surface area contributed by atoms with E-state index in [-0.39, 0.29) is 0 Å². The molecule has 0 aliphatic heterocycles. The summed E-state index contributed by atoms with van der Waals surface area (Å²) in [7, 11) is 3.72. The Hall–Kier alpha value is -0.880. The zero-order valence-corrected chi connectivity index (χ0v) is 9.60. The first-order valence-corrected chi connectivity index (χ1v) is 5.75. The average molecular weight is 216 g/mol. The topological polar surface area (TPSA) is 67.3 Å². The molecule has 1 heterocycles. The second-order valence-corrected chi connectivity index (χ2v) is 4.13. The van der Waals surface area contributed by atoms with Crippen molar-refractivity contribution in [1.82, 2.24) is 8.75 Å². The Bertz CT molecular complexity index is 341. The molecule has 0 bridgehead atoms. The van der Waals surface area contributed by atoms with Gasteiger partial charge in [0.15, 0.2) is 11.1 Å². The maximum absolute atomic E-state index is 11.1. The Morgan fingerprint density at radius 1 is 1.57 bits per heavy atom. The molecule has 1 aromatic rings. The monoisotopic (exact) mass is 216 g/mol. The minimum absolute atomic E-state index is 0.641. The van der Waals surface area contributed by atoms with Crippen LogP contribution < -0.4 is 10.4 Å². The van der Waals surface area contributed by atoms with Gasteiger partial charge in [0.05, 0.1) is 0 Å². The zero-order valence-electron chi connectivity index (χ0n) is 8.78. The van der Waals surface area contributed by atoms with E-state index in [9.17, 15) is 4.55 Å². The van der Waals surface area contributed by atoms with Crippen molar-refractivity contribution < 1.29 is 4.55 Å². The normalized spacial score (nSPS) is 13.4. The van der Waals surface area contributed by atoms with Crippen molar-refractivity contribution in [2.75, 3.05) is 25.5 Å². The fraction of sp³-hybridized carbons (Fsp3) is 0.750. The van der Waals surface area contributed by atoms with Gasteiger partial charge in [0.2, 0.25) is 11.3 Å². The molecule has 1 rings (SSSR count). The van der Waals surface area contributed by atoms with Gasteiger partial charge in [-0.15, -0.1) is 4.37 Å². The number of H-pyrrole nitrogens is 1. The first-order valence-electron chi connectivity index (χ1n) is 4.64. The van der Waals surface area contributed by atoms with Crippen molar-refractivity contribution in [3.8, 4) is 0 Å². The van der Waals surface area contributed by atoms with Crippen LogP contribution in [0.15, 0.2) is 4.99 Å². The lowest BCUT2D eigenvalue weighted by atomic mass is 10.3. The van der Waals surface area contributed by atoms with Crippen LogP contribution in [0.5, 0.6) is 0 Å². The molecule has 80 valence electrons. The Kier molecular flexibility index (Phi) is 4.09. The maximum Gasteiger partial charge on any atom is 0.233 e. The van der Waals surface area contributed by atoms with Gasteiger partial charge in [-0.3, -0.25) is 4.99 Å². The quantitative estimate of drug-likeness (QED) is 0.600. The lowest BCUT2D eigenvalue weighted by Gasteiger charge is -2.03. The van der Waals surface area contributed by atoms with E-state index >= 15 is 0 Å². The Morgan fingerprint density at radius 2 is 2.29 bits per heavy atom.